The molecule has 0 spiro atoms. The van der Waals surface area contributed by atoms with Gasteiger partial charge in [-0.05, 0) is 46.4 Å². The number of hydrogen-bond donors (Lipinski definition) is 1. The number of rotatable bonds is 5. The highest BCUT2D eigenvalue weighted by molar-refractivity contribution is 5.78. The Hall–Kier alpha value is -3.24. The zero-order chi connectivity index (χ0) is 18.9. The molecule has 1 heterocycles. The second-order valence-electron chi connectivity index (χ2n) is 7.16. The summed E-state index contributed by atoms with van der Waals surface area (Å²) in [6.07, 6.45) is 3.04. The molecule has 5 rings (SSSR count). The highest BCUT2D eigenvalue weighted by Gasteiger charge is 2.27. The zero-order valence-corrected chi connectivity index (χ0v) is 15.8. The molecule has 0 fully saturated rings. The second kappa shape index (κ2) is 7.06. The van der Waals surface area contributed by atoms with Crippen LogP contribution in [0, 0.1) is 0 Å². The summed E-state index contributed by atoms with van der Waals surface area (Å²) < 4.78 is 1.84. The third-order valence-electron chi connectivity index (χ3n) is 5.47. The summed E-state index contributed by atoms with van der Waals surface area (Å²) in [6, 6.07) is 25.9. The van der Waals surface area contributed by atoms with Crippen LogP contribution in [0.5, 0.6) is 0 Å². The van der Waals surface area contributed by atoms with E-state index in [0.29, 0.717) is 6.54 Å². The van der Waals surface area contributed by atoms with Gasteiger partial charge in [-0.2, -0.15) is 0 Å². The molecule has 0 aliphatic heterocycles. The molecule has 0 saturated carbocycles. The monoisotopic (exact) mass is 366 g/mol. The summed E-state index contributed by atoms with van der Waals surface area (Å²) in [5.41, 5.74) is 8.57. The summed E-state index contributed by atoms with van der Waals surface area (Å²) in [4.78, 5) is 0. The molecule has 1 aliphatic rings. The van der Waals surface area contributed by atoms with Gasteiger partial charge in [-0.1, -0.05) is 72.8 Å². The van der Waals surface area contributed by atoms with E-state index in [9.17, 15) is 0 Å². The maximum Gasteiger partial charge on any atom is 0.0969 e. The van der Waals surface area contributed by atoms with Crippen LogP contribution in [0.2, 0.25) is 0 Å². The van der Waals surface area contributed by atoms with Gasteiger partial charge >= 0.3 is 0 Å². The quantitative estimate of drug-likeness (QED) is 0.557. The van der Waals surface area contributed by atoms with Gasteiger partial charge in [0.25, 0.3) is 0 Å². The van der Waals surface area contributed by atoms with Crippen molar-refractivity contribution in [2.75, 3.05) is 0 Å². The maximum atomic E-state index is 4.36. The fourth-order valence-electron chi connectivity index (χ4n) is 3.97. The number of aryl methyl sites for hydroxylation is 1. The van der Waals surface area contributed by atoms with Crippen LogP contribution in [0.1, 0.15) is 35.3 Å². The first-order valence-corrected chi connectivity index (χ1v) is 9.75. The van der Waals surface area contributed by atoms with E-state index < -0.39 is 0 Å². The molecule has 4 heteroatoms. The van der Waals surface area contributed by atoms with E-state index >= 15 is 0 Å². The summed E-state index contributed by atoms with van der Waals surface area (Å²) >= 11 is 0. The van der Waals surface area contributed by atoms with Gasteiger partial charge in [0.2, 0.25) is 0 Å². The lowest BCUT2D eigenvalue weighted by Crippen LogP contribution is -2.20. The smallest absolute Gasteiger partial charge is 0.0969 e. The molecule has 1 aromatic heterocycles. The molecular weight excluding hydrogens is 344 g/mol. The van der Waals surface area contributed by atoms with Gasteiger partial charge in [0.05, 0.1) is 23.6 Å². The van der Waals surface area contributed by atoms with Crippen molar-refractivity contribution in [3.8, 4) is 16.8 Å². The van der Waals surface area contributed by atoms with Crippen molar-refractivity contribution in [1.82, 2.24) is 20.3 Å². The zero-order valence-electron chi connectivity index (χ0n) is 15.8. The van der Waals surface area contributed by atoms with Crippen molar-refractivity contribution in [1.29, 1.82) is 0 Å². The van der Waals surface area contributed by atoms with Crippen molar-refractivity contribution in [3.63, 3.8) is 0 Å². The third-order valence-corrected chi connectivity index (χ3v) is 5.47. The van der Waals surface area contributed by atoms with Gasteiger partial charge in [-0.25, -0.2) is 4.68 Å². The van der Waals surface area contributed by atoms with Crippen LogP contribution < -0.4 is 5.32 Å². The first kappa shape index (κ1) is 16.9. The average Bonchev–Trinajstić information content (AvgIpc) is 3.35. The lowest BCUT2D eigenvalue weighted by Gasteiger charge is -2.14. The predicted octanol–water partition coefficient (Wildman–Crippen LogP) is 4.69. The molecule has 0 bridgehead atoms. The molecule has 4 nitrogen and oxygen atoms in total. The Morgan fingerprint density at radius 3 is 2.14 bits per heavy atom. The van der Waals surface area contributed by atoms with Gasteiger partial charge in [0.15, 0.2) is 0 Å². The number of fused-ring (bicyclic) bond motifs is 3. The topological polar surface area (TPSA) is 42.7 Å². The van der Waals surface area contributed by atoms with Crippen LogP contribution >= 0.6 is 0 Å². The molecule has 0 radical (unpaired) electrons. The van der Waals surface area contributed by atoms with E-state index in [4.69, 9.17) is 0 Å². The maximum absolute atomic E-state index is 4.36. The fourth-order valence-corrected chi connectivity index (χ4v) is 3.97. The summed E-state index contributed by atoms with van der Waals surface area (Å²) in [5, 5.41) is 12.3. The molecule has 0 saturated heterocycles. The number of nitrogens with one attached hydrogen (secondary N) is 1. The Kier molecular flexibility index (Phi) is 4.26. The Bertz CT molecular complexity index is 1070. The van der Waals surface area contributed by atoms with Crippen LogP contribution in [-0.2, 0) is 13.0 Å². The largest absolute Gasteiger partial charge is 0.300 e. The van der Waals surface area contributed by atoms with E-state index in [1.54, 1.807) is 0 Å². The summed E-state index contributed by atoms with van der Waals surface area (Å²) in [6.45, 7) is 2.83. The summed E-state index contributed by atoms with van der Waals surface area (Å²) in [5.74, 6) is 0. The lowest BCUT2D eigenvalue weighted by atomic mass is 10.1. The van der Waals surface area contributed by atoms with Crippen molar-refractivity contribution in [2.45, 2.75) is 25.9 Å². The van der Waals surface area contributed by atoms with Gasteiger partial charge in [0.1, 0.15) is 0 Å². The first-order chi connectivity index (χ1) is 13.8. The minimum Gasteiger partial charge on any atom is -0.300 e. The minimum absolute atomic E-state index is 0.182. The fraction of sp³-hybridized carbons (Fsp3) is 0.167. The Labute approximate surface area is 164 Å². The van der Waals surface area contributed by atoms with Crippen molar-refractivity contribution in [2.24, 2.45) is 0 Å². The van der Waals surface area contributed by atoms with Gasteiger partial charge in [-0.3, -0.25) is 0 Å². The van der Waals surface area contributed by atoms with Gasteiger partial charge in [-0.15, -0.1) is 5.10 Å². The van der Waals surface area contributed by atoms with Crippen LogP contribution in [0.3, 0.4) is 0 Å². The molecule has 4 aromatic rings. The predicted molar refractivity (Wildman–Crippen MR) is 111 cm³/mol. The van der Waals surface area contributed by atoms with Crippen molar-refractivity contribution < 1.29 is 0 Å². The Morgan fingerprint density at radius 2 is 1.50 bits per heavy atom. The highest BCUT2D eigenvalue weighted by atomic mass is 15.4. The summed E-state index contributed by atoms with van der Waals surface area (Å²) in [7, 11) is 0. The Morgan fingerprint density at radius 1 is 0.857 bits per heavy atom. The number of nitrogens with zero attached hydrogens (tertiary/aromatic N) is 3. The van der Waals surface area contributed by atoms with Crippen LogP contribution in [0.15, 0.2) is 79.0 Å². The van der Waals surface area contributed by atoms with E-state index in [-0.39, 0.29) is 6.04 Å². The van der Waals surface area contributed by atoms with Crippen LogP contribution in [0.4, 0.5) is 0 Å². The molecule has 1 aliphatic carbocycles. The van der Waals surface area contributed by atoms with E-state index in [1.165, 1.54) is 27.8 Å². The highest BCUT2D eigenvalue weighted by Crippen LogP contribution is 2.43. The first-order valence-electron chi connectivity index (χ1n) is 9.75. The Balaban J connectivity index is 1.36. The SMILES string of the molecule is CCc1ccc(-n2cc(CNC3c4ccccc4-c4ccccc43)nn2)cc1. The number of hydrogen-bond acceptors (Lipinski definition) is 3. The normalized spacial score (nSPS) is 12.8. The van der Waals surface area contributed by atoms with E-state index in [2.05, 4.69) is 95.3 Å². The number of benzene rings is 3. The van der Waals surface area contributed by atoms with Gasteiger partial charge in [0, 0.05) is 6.54 Å². The molecule has 0 atom stereocenters. The molecular formula is C24H22N4. The molecule has 138 valence electrons. The molecule has 0 amide bonds. The standard InChI is InChI=1S/C24H22N4/c1-2-17-11-13-19(14-12-17)28-16-18(26-27-28)15-25-24-22-9-5-3-7-20(22)21-8-4-6-10-23(21)24/h3-14,16,24-25H,2,15H2,1H3. The molecule has 3 aromatic carbocycles. The van der Waals surface area contributed by atoms with Gasteiger partial charge < -0.3 is 5.32 Å². The third kappa shape index (κ3) is 2.92. The molecule has 1 N–H and O–H groups in total. The van der Waals surface area contributed by atoms with E-state index in [1.807, 2.05) is 10.9 Å². The molecule has 28 heavy (non-hydrogen) atoms. The van der Waals surface area contributed by atoms with Crippen molar-refractivity contribution >= 4 is 0 Å². The molecule has 0 unspecified atom stereocenters. The average molecular weight is 366 g/mol. The number of aromatic nitrogens is 3. The van der Waals surface area contributed by atoms with Crippen LogP contribution in [0.25, 0.3) is 16.8 Å². The second-order valence-corrected chi connectivity index (χ2v) is 7.16. The van der Waals surface area contributed by atoms with Crippen molar-refractivity contribution in [3.05, 3.63) is 101 Å². The minimum atomic E-state index is 0.182. The van der Waals surface area contributed by atoms with Crippen LogP contribution in [-0.4, -0.2) is 15.0 Å². The lowest BCUT2D eigenvalue weighted by molar-refractivity contribution is 0.605. The van der Waals surface area contributed by atoms with E-state index in [0.717, 1.165) is 17.8 Å².